The van der Waals surface area contributed by atoms with Crippen LogP contribution in [0, 0.1) is 11.6 Å². The third-order valence-corrected chi connectivity index (χ3v) is 6.68. The van der Waals surface area contributed by atoms with Gasteiger partial charge in [0.2, 0.25) is 5.88 Å². The van der Waals surface area contributed by atoms with Crippen LogP contribution in [0.1, 0.15) is 5.56 Å². The number of hydrogen-bond acceptors (Lipinski definition) is 7. The lowest BCUT2D eigenvalue weighted by Gasteiger charge is -2.28. The smallest absolute Gasteiger partial charge is 0.414 e. The summed E-state index contributed by atoms with van der Waals surface area (Å²) < 4.78 is 62.4. The number of carbonyl (C=O) groups excluding carboxylic acids is 2. The molecule has 3 amide bonds. The summed E-state index contributed by atoms with van der Waals surface area (Å²) in [5.41, 5.74) is 1.08. The number of carbonyl (C=O) groups is 2. The van der Waals surface area contributed by atoms with Crippen molar-refractivity contribution in [2.75, 3.05) is 31.4 Å². The molecular weight excluding hydrogens is 566 g/mol. The second-order valence-electron chi connectivity index (χ2n) is 7.91. The number of rotatable bonds is 12. The zero-order valence-corrected chi connectivity index (χ0v) is 22.0. The average molecular weight is 590 g/mol. The molecule has 0 aliphatic rings. The van der Waals surface area contributed by atoms with Crippen LogP contribution in [0.2, 0.25) is 5.02 Å². The van der Waals surface area contributed by atoms with Gasteiger partial charge in [-0.3, -0.25) is 5.32 Å². The molecule has 0 saturated heterocycles. The number of amides is 3. The maximum atomic E-state index is 13.6. The van der Waals surface area contributed by atoms with Crippen LogP contribution in [0.3, 0.4) is 0 Å². The Morgan fingerprint density at radius 1 is 1.15 bits per heavy atom. The zero-order valence-electron chi connectivity index (χ0n) is 20.4. The molecule has 1 heterocycles. The minimum atomic E-state index is -2.61. The number of hydrogen-bond donors (Lipinski definition) is 3. The van der Waals surface area contributed by atoms with Crippen molar-refractivity contribution in [3.63, 3.8) is 0 Å². The molecule has 3 N–H and O–H groups in total. The van der Waals surface area contributed by atoms with Crippen molar-refractivity contribution >= 4 is 41.4 Å². The summed E-state index contributed by atoms with van der Waals surface area (Å²) >= 11 is 6.89. The van der Waals surface area contributed by atoms with Crippen molar-refractivity contribution in [2.45, 2.75) is 18.3 Å². The first-order valence-corrected chi connectivity index (χ1v) is 12.8. The minimum absolute atomic E-state index is 0.0492. The fraction of sp³-hybridized carbons (Fsp3) is 0.292. The molecule has 1 aromatic heterocycles. The first-order chi connectivity index (χ1) is 18.6. The van der Waals surface area contributed by atoms with E-state index < -0.39 is 42.1 Å². The zero-order chi connectivity index (χ0) is 28.4. The number of likely N-dealkylation sites (N-methyl/N-ethyl adjacent to an activating group) is 1. The number of aromatic nitrogens is 1. The summed E-state index contributed by atoms with van der Waals surface area (Å²) in [5, 5.41) is 10.4. The third kappa shape index (κ3) is 9.33. The van der Waals surface area contributed by atoms with Gasteiger partial charge < -0.3 is 24.8 Å². The molecule has 0 saturated carbocycles. The lowest BCUT2D eigenvalue weighted by molar-refractivity contribution is 0.144. The first kappa shape index (κ1) is 30.1. The van der Waals surface area contributed by atoms with E-state index >= 15 is 0 Å². The van der Waals surface area contributed by atoms with Crippen molar-refractivity contribution in [3.8, 4) is 11.3 Å². The number of thioether (sulfide) groups is 1. The Labute approximate surface area is 230 Å². The van der Waals surface area contributed by atoms with E-state index in [1.54, 1.807) is 12.1 Å². The molecule has 15 heteroatoms. The maximum Gasteiger partial charge on any atom is 0.414 e. The molecule has 3 aromatic rings. The van der Waals surface area contributed by atoms with E-state index in [0.717, 1.165) is 11.8 Å². The van der Waals surface area contributed by atoms with Gasteiger partial charge >= 0.3 is 12.1 Å². The van der Waals surface area contributed by atoms with E-state index in [1.165, 1.54) is 48.3 Å². The van der Waals surface area contributed by atoms with Crippen LogP contribution in [0.4, 0.5) is 33.0 Å². The van der Waals surface area contributed by atoms with Crippen LogP contribution in [0.25, 0.3) is 11.3 Å². The van der Waals surface area contributed by atoms with Crippen LogP contribution < -0.4 is 16.0 Å². The second-order valence-corrected chi connectivity index (χ2v) is 9.41. The lowest BCUT2D eigenvalue weighted by atomic mass is 10.1. The summed E-state index contributed by atoms with van der Waals surface area (Å²) in [6.07, 6.45) is -3.51. The second kappa shape index (κ2) is 14.6. The van der Waals surface area contributed by atoms with Gasteiger partial charge in [-0.05, 0) is 23.8 Å². The molecule has 9 nitrogen and oxygen atoms in total. The van der Waals surface area contributed by atoms with Crippen LogP contribution in [-0.4, -0.2) is 60.1 Å². The number of nitrogens with zero attached hydrogens (tertiary/aromatic N) is 2. The number of nitrogens with one attached hydrogen (secondary N) is 3. The van der Waals surface area contributed by atoms with E-state index in [9.17, 15) is 27.2 Å². The molecule has 3 rings (SSSR count). The summed E-state index contributed by atoms with van der Waals surface area (Å²) in [7, 11) is 1.42. The quantitative estimate of drug-likeness (QED) is 0.188. The standard InChI is InChI=1S/C24H24ClF4N5O4S/c1-34(23(35)31-10-15-5-3-7-17(27)22(15)25)21(12-30-11-19(28)29)39-13-37-24(36)32-20-9-18(33-38-20)14-4-2-6-16(26)8-14/h2-9,19,21,30H,10-13H2,1H3,(H,31,35)(H,32,36)/t21-/m1/s1. The van der Waals surface area contributed by atoms with E-state index in [2.05, 4.69) is 21.1 Å². The monoisotopic (exact) mass is 589 g/mol. The number of benzene rings is 2. The average Bonchev–Trinajstić information content (AvgIpc) is 3.36. The van der Waals surface area contributed by atoms with E-state index in [-0.39, 0.29) is 35.6 Å². The maximum absolute atomic E-state index is 13.6. The van der Waals surface area contributed by atoms with Gasteiger partial charge in [-0.15, -0.1) is 0 Å². The fourth-order valence-corrected chi connectivity index (χ4v) is 4.24. The Hall–Kier alpha value is -3.49. The van der Waals surface area contributed by atoms with Gasteiger partial charge in [0.1, 0.15) is 23.3 Å². The molecule has 0 unspecified atom stereocenters. The highest BCUT2D eigenvalue weighted by atomic mass is 35.5. The fourth-order valence-electron chi connectivity index (χ4n) is 3.16. The Kier molecular flexibility index (Phi) is 11.3. The lowest BCUT2D eigenvalue weighted by Crippen LogP contribution is -2.46. The Bertz CT molecular complexity index is 1270. The van der Waals surface area contributed by atoms with Gasteiger partial charge in [0.25, 0.3) is 6.43 Å². The van der Waals surface area contributed by atoms with Crippen molar-refractivity contribution < 1.29 is 36.4 Å². The predicted molar refractivity (Wildman–Crippen MR) is 139 cm³/mol. The SMILES string of the molecule is CN(C(=O)NCc1cccc(F)c1Cl)[C@@H](CNCC(F)F)SCOC(=O)Nc1cc(-c2cccc(F)c2)no1. The molecule has 0 bridgehead atoms. The number of ether oxygens (including phenoxy) is 1. The summed E-state index contributed by atoms with van der Waals surface area (Å²) in [5.74, 6) is -1.40. The normalized spacial score (nSPS) is 11.8. The Morgan fingerprint density at radius 2 is 1.92 bits per heavy atom. The molecule has 210 valence electrons. The van der Waals surface area contributed by atoms with Crippen molar-refractivity contribution in [1.82, 2.24) is 20.7 Å². The van der Waals surface area contributed by atoms with Gasteiger partial charge in [0.05, 0.1) is 16.9 Å². The molecule has 2 aromatic carbocycles. The number of halogens is 5. The summed E-state index contributed by atoms with van der Waals surface area (Å²) in [6.45, 7) is -0.731. The molecule has 39 heavy (non-hydrogen) atoms. The van der Waals surface area contributed by atoms with Crippen LogP contribution in [0.5, 0.6) is 0 Å². The molecular formula is C24H24ClF4N5O4S. The van der Waals surface area contributed by atoms with E-state index in [4.69, 9.17) is 20.9 Å². The highest BCUT2D eigenvalue weighted by molar-refractivity contribution is 7.99. The summed E-state index contributed by atoms with van der Waals surface area (Å²) in [6, 6.07) is 10.6. The Morgan fingerprint density at radius 3 is 2.67 bits per heavy atom. The number of alkyl halides is 2. The number of urea groups is 1. The van der Waals surface area contributed by atoms with Gasteiger partial charge in [-0.25, -0.2) is 27.2 Å². The van der Waals surface area contributed by atoms with E-state index in [0.29, 0.717) is 11.1 Å². The van der Waals surface area contributed by atoms with E-state index in [1.807, 2.05) is 0 Å². The van der Waals surface area contributed by atoms with Crippen molar-refractivity contribution in [2.24, 2.45) is 0 Å². The van der Waals surface area contributed by atoms with Crippen molar-refractivity contribution in [3.05, 3.63) is 70.8 Å². The topological polar surface area (TPSA) is 109 Å². The highest BCUT2D eigenvalue weighted by Crippen LogP contribution is 2.23. The molecule has 0 aliphatic carbocycles. The predicted octanol–water partition coefficient (Wildman–Crippen LogP) is 5.53. The first-order valence-electron chi connectivity index (χ1n) is 11.3. The van der Waals surface area contributed by atoms with Gasteiger partial charge in [0.15, 0.2) is 0 Å². The molecule has 0 spiro atoms. The van der Waals surface area contributed by atoms with Gasteiger partial charge in [-0.1, -0.05) is 52.8 Å². The largest absolute Gasteiger partial charge is 0.438 e. The van der Waals surface area contributed by atoms with Crippen LogP contribution >= 0.6 is 23.4 Å². The van der Waals surface area contributed by atoms with Gasteiger partial charge in [-0.2, -0.15) is 0 Å². The molecule has 0 aliphatic heterocycles. The van der Waals surface area contributed by atoms with Crippen LogP contribution in [0.15, 0.2) is 53.1 Å². The summed E-state index contributed by atoms with van der Waals surface area (Å²) in [4.78, 5) is 26.1. The molecule has 0 radical (unpaired) electrons. The number of anilines is 1. The highest BCUT2D eigenvalue weighted by Gasteiger charge is 2.22. The molecule has 1 atom stereocenters. The minimum Gasteiger partial charge on any atom is -0.438 e. The van der Waals surface area contributed by atoms with Gasteiger partial charge in [0, 0.05) is 31.8 Å². The Balaban J connectivity index is 1.52. The molecule has 0 fully saturated rings. The van der Waals surface area contributed by atoms with Crippen LogP contribution in [-0.2, 0) is 11.3 Å². The van der Waals surface area contributed by atoms with Crippen molar-refractivity contribution in [1.29, 1.82) is 0 Å². The third-order valence-electron chi connectivity index (χ3n) is 5.14.